The minimum atomic E-state index is -5.41. The van der Waals surface area contributed by atoms with Crippen LogP contribution in [0.1, 0.15) is 129 Å². The summed E-state index contributed by atoms with van der Waals surface area (Å²) < 4.78 is 73.3. The van der Waals surface area contributed by atoms with Crippen molar-refractivity contribution in [1.29, 1.82) is 0 Å². The standard InChI is InChI=1S/C26H49F5O2/c1-3-5-22-33-24(4-2)23-32-21-19-17-15-13-11-9-7-6-8-10-12-14-16-18-20-25(27,28)26(29,30)31/h24H,3-23H2,1-2H3. The molecule has 0 aliphatic heterocycles. The predicted octanol–water partition coefficient (Wildman–Crippen LogP) is 9.65. The van der Waals surface area contributed by atoms with Crippen LogP contribution in [0, 0.1) is 0 Å². The molecule has 0 aromatic rings. The first-order valence-corrected chi connectivity index (χ1v) is 13.4. The second kappa shape index (κ2) is 20.9. The Bertz CT molecular complexity index is 416. The van der Waals surface area contributed by atoms with Crippen molar-refractivity contribution < 1.29 is 31.4 Å². The van der Waals surface area contributed by atoms with Gasteiger partial charge in [-0.05, 0) is 25.7 Å². The molecular weight excluding hydrogens is 439 g/mol. The summed E-state index contributed by atoms with van der Waals surface area (Å²) in [6, 6.07) is 0. The minimum absolute atomic E-state index is 0.0641. The van der Waals surface area contributed by atoms with E-state index in [1.165, 1.54) is 44.9 Å². The average Bonchev–Trinajstić information content (AvgIpc) is 2.76. The molecule has 33 heavy (non-hydrogen) atoms. The molecule has 0 aliphatic rings. The van der Waals surface area contributed by atoms with Gasteiger partial charge in [-0.15, -0.1) is 0 Å². The molecule has 0 bridgehead atoms. The lowest BCUT2D eigenvalue weighted by atomic mass is 10.0. The predicted molar refractivity (Wildman–Crippen MR) is 126 cm³/mol. The first kappa shape index (κ1) is 32.6. The molecule has 0 rings (SSSR count). The van der Waals surface area contributed by atoms with E-state index in [1.807, 2.05) is 0 Å². The summed E-state index contributed by atoms with van der Waals surface area (Å²) in [7, 11) is 0. The van der Waals surface area contributed by atoms with Crippen LogP contribution >= 0.6 is 0 Å². The Labute approximate surface area is 199 Å². The zero-order chi connectivity index (χ0) is 24.8. The normalized spacial score (nSPS) is 13.5. The minimum Gasteiger partial charge on any atom is -0.379 e. The van der Waals surface area contributed by atoms with Gasteiger partial charge in [0.25, 0.3) is 0 Å². The quantitative estimate of drug-likeness (QED) is 0.0994. The van der Waals surface area contributed by atoms with Crippen molar-refractivity contribution in [2.75, 3.05) is 19.8 Å². The van der Waals surface area contributed by atoms with E-state index in [4.69, 9.17) is 9.47 Å². The molecule has 1 atom stereocenters. The summed E-state index contributed by atoms with van der Waals surface area (Å²) in [5, 5.41) is 0. The van der Waals surface area contributed by atoms with Crippen LogP contribution in [0.4, 0.5) is 22.0 Å². The Morgan fingerprint density at radius 3 is 1.45 bits per heavy atom. The molecule has 0 saturated carbocycles. The van der Waals surface area contributed by atoms with E-state index in [0.717, 1.165) is 64.6 Å². The third-order valence-electron chi connectivity index (χ3n) is 6.05. The van der Waals surface area contributed by atoms with Crippen LogP contribution in [0.5, 0.6) is 0 Å². The number of alkyl halides is 5. The molecular formula is C26H49F5O2. The smallest absolute Gasteiger partial charge is 0.379 e. The Morgan fingerprint density at radius 2 is 1.03 bits per heavy atom. The molecule has 0 fully saturated rings. The van der Waals surface area contributed by atoms with E-state index in [-0.39, 0.29) is 12.5 Å². The monoisotopic (exact) mass is 488 g/mol. The molecule has 0 spiro atoms. The first-order chi connectivity index (χ1) is 15.7. The Kier molecular flexibility index (Phi) is 20.6. The third-order valence-corrected chi connectivity index (χ3v) is 6.05. The van der Waals surface area contributed by atoms with Crippen LogP contribution < -0.4 is 0 Å². The van der Waals surface area contributed by atoms with Crippen LogP contribution in [0.2, 0.25) is 0 Å². The second-order valence-corrected chi connectivity index (χ2v) is 9.23. The number of halogens is 5. The van der Waals surface area contributed by atoms with Gasteiger partial charge in [0.2, 0.25) is 0 Å². The summed E-state index contributed by atoms with van der Waals surface area (Å²) >= 11 is 0. The lowest BCUT2D eigenvalue weighted by Gasteiger charge is -2.19. The van der Waals surface area contributed by atoms with Crippen molar-refractivity contribution in [2.24, 2.45) is 0 Å². The van der Waals surface area contributed by atoms with E-state index in [9.17, 15) is 22.0 Å². The van der Waals surface area contributed by atoms with E-state index in [0.29, 0.717) is 13.0 Å². The second-order valence-electron chi connectivity index (χ2n) is 9.23. The number of hydrogen-bond acceptors (Lipinski definition) is 2. The van der Waals surface area contributed by atoms with E-state index in [2.05, 4.69) is 13.8 Å². The Hall–Kier alpha value is -0.430. The van der Waals surface area contributed by atoms with E-state index >= 15 is 0 Å². The SMILES string of the molecule is CCCCOC(CC)COCCCCCCCCCCCCCCCCC(F)(F)C(F)(F)F. The highest BCUT2D eigenvalue weighted by Gasteiger charge is 2.56. The lowest BCUT2D eigenvalue weighted by molar-refractivity contribution is -0.284. The van der Waals surface area contributed by atoms with Crippen LogP contribution in [-0.4, -0.2) is 38.0 Å². The molecule has 0 amide bonds. The fraction of sp³-hybridized carbons (Fsp3) is 1.00. The highest BCUT2D eigenvalue weighted by molar-refractivity contribution is 4.75. The molecule has 7 heteroatoms. The maximum Gasteiger partial charge on any atom is 0.453 e. The number of ether oxygens (including phenoxy) is 2. The van der Waals surface area contributed by atoms with Gasteiger partial charge in [-0.25, -0.2) is 0 Å². The summed E-state index contributed by atoms with van der Waals surface area (Å²) in [5.41, 5.74) is 0. The van der Waals surface area contributed by atoms with Crippen molar-refractivity contribution in [3.05, 3.63) is 0 Å². The zero-order valence-electron chi connectivity index (χ0n) is 21.1. The summed E-state index contributed by atoms with van der Waals surface area (Å²) in [4.78, 5) is 0. The van der Waals surface area contributed by atoms with Crippen LogP contribution in [0.3, 0.4) is 0 Å². The summed E-state index contributed by atoms with van der Waals surface area (Å²) in [5.74, 6) is -4.54. The van der Waals surface area contributed by atoms with Gasteiger partial charge in [-0.1, -0.05) is 97.3 Å². The fourth-order valence-electron chi connectivity index (χ4n) is 3.71. The van der Waals surface area contributed by atoms with Crippen molar-refractivity contribution >= 4 is 0 Å². The van der Waals surface area contributed by atoms with E-state index in [1.54, 1.807) is 0 Å². The van der Waals surface area contributed by atoms with Gasteiger partial charge in [0.15, 0.2) is 0 Å². The molecule has 1 unspecified atom stereocenters. The van der Waals surface area contributed by atoms with Gasteiger partial charge >= 0.3 is 12.1 Å². The van der Waals surface area contributed by atoms with Gasteiger partial charge in [-0.2, -0.15) is 22.0 Å². The first-order valence-electron chi connectivity index (χ1n) is 13.4. The molecule has 0 saturated heterocycles. The molecule has 0 aliphatic carbocycles. The maximum atomic E-state index is 12.8. The van der Waals surface area contributed by atoms with Gasteiger partial charge in [0.1, 0.15) is 0 Å². The van der Waals surface area contributed by atoms with Gasteiger partial charge in [0, 0.05) is 19.6 Å². The molecule has 200 valence electrons. The van der Waals surface area contributed by atoms with Crippen LogP contribution in [0.25, 0.3) is 0 Å². The summed E-state index contributed by atoms with van der Waals surface area (Å²) in [6.07, 6.45) is 10.9. The van der Waals surface area contributed by atoms with Gasteiger partial charge in [-0.3, -0.25) is 0 Å². The molecule has 0 N–H and O–H groups in total. The van der Waals surface area contributed by atoms with Gasteiger partial charge in [0.05, 0.1) is 12.7 Å². The molecule has 0 heterocycles. The van der Waals surface area contributed by atoms with Crippen molar-refractivity contribution in [1.82, 2.24) is 0 Å². The third kappa shape index (κ3) is 19.6. The average molecular weight is 489 g/mol. The molecule has 0 aromatic heterocycles. The summed E-state index contributed by atoms with van der Waals surface area (Å²) in [6.45, 7) is 6.65. The molecule has 0 aromatic carbocycles. The van der Waals surface area contributed by atoms with Crippen molar-refractivity contribution in [3.63, 3.8) is 0 Å². The van der Waals surface area contributed by atoms with Crippen molar-refractivity contribution in [3.8, 4) is 0 Å². The lowest BCUT2D eigenvalue weighted by Crippen LogP contribution is -2.36. The van der Waals surface area contributed by atoms with E-state index < -0.39 is 18.5 Å². The molecule has 0 radical (unpaired) electrons. The number of rotatable bonds is 24. The highest BCUT2D eigenvalue weighted by Crippen LogP contribution is 2.39. The fourth-order valence-corrected chi connectivity index (χ4v) is 3.71. The largest absolute Gasteiger partial charge is 0.453 e. The topological polar surface area (TPSA) is 18.5 Å². The zero-order valence-corrected chi connectivity index (χ0v) is 21.1. The van der Waals surface area contributed by atoms with Crippen molar-refractivity contribution in [2.45, 2.75) is 148 Å². The van der Waals surface area contributed by atoms with Gasteiger partial charge < -0.3 is 9.47 Å². The van der Waals surface area contributed by atoms with Crippen LogP contribution in [-0.2, 0) is 9.47 Å². The number of hydrogen-bond donors (Lipinski definition) is 0. The maximum absolute atomic E-state index is 12.8. The van der Waals surface area contributed by atoms with Crippen LogP contribution in [0.15, 0.2) is 0 Å². The molecule has 2 nitrogen and oxygen atoms in total. The number of unbranched alkanes of at least 4 members (excludes halogenated alkanes) is 14. The highest BCUT2D eigenvalue weighted by atomic mass is 19.4. The Balaban J connectivity index is 3.28. The Morgan fingerprint density at radius 1 is 0.576 bits per heavy atom.